The van der Waals surface area contributed by atoms with Crippen LogP contribution >= 0.6 is 0 Å². The second-order valence-corrected chi connectivity index (χ2v) is 3.29. The molecule has 0 rings (SSSR count). The molecule has 0 aliphatic carbocycles. The number of hydrogen-bond donors (Lipinski definition) is 0. The highest BCUT2D eigenvalue weighted by atomic mass is 14.7. The second kappa shape index (κ2) is 8.76. The first-order valence-electron chi connectivity index (χ1n) is 5.33. The van der Waals surface area contributed by atoms with Gasteiger partial charge in [0.05, 0.1) is 0 Å². The fourth-order valence-electron chi connectivity index (χ4n) is 1.42. The molecule has 0 heterocycles. The van der Waals surface area contributed by atoms with Gasteiger partial charge in [0.15, 0.2) is 0 Å². The Kier molecular flexibility index (Phi) is 8.52. The molecule has 0 saturated carbocycles. The van der Waals surface area contributed by atoms with Crippen LogP contribution in [0.5, 0.6) is 0 Å². The van der Waals surface area contributed by atoms with Gasteiger partial charge in [0, 0.05) is 6.54 Å². The molecule has 12 heavy (non-hydrogen) atoms. The van der Waals surface area contributed by atoms with Crippen LogP contribution in [-0.2, 0) is 0 Å². The summed E-state index contributed by atoms with van der Waals surface area (Å²) in [6.45, 7) is 7.59. The highest BCUT2D eigenvalue weighted by Gasteiger charge is 2.00. The molecule has 0 unspecified atom stereocenters. The number of rotatable bonds is 7. The van der Waals surface area contributed by atoms with Crippen LogP contribution in [0.2, 0.25) is 0 Å². The average molecular weight is 169 g/mol. The van der Waals surface area contributed by atoms with Crippen LogP contribution in [0.25, 0.3) is 0 Å². The van der Waals surface area contributed by atoms with Crippen LogP contribution in [0.1, 0.15) is 52.9 Å². The van der Waals surface area contributed by atoms with Gasteiger partial charge in [-0.3, -0.25) is 4.99 Å². The number of nitrogens with zero attached hydrogens (tertiary/aromatic N) is 1. The molecule has 0 aliphatic heterocycles. The van der Waals surface area contributed by atoms with Crippen molar-refractivity contribution in [3.8, 4) is 0 Å². The number of hydrogen-bond acceptors (Lipinski definition) is 1. The minimum Gasteiger partial charge on any atom is -0.298 e. The van der Waals surface area contributed by atoms with E-state index in [1.165, 1.54) is 32.1 Å². The summed E-state index contributed by atoms with van der Waals surface area (Å²) < 4.78 is 0. The molecule has 0 atom stereocenters. The van der Waals surface area contributed by atoms with Gasteiger partial charge >= 0.3 is 0 Å². The highest BCUT2D eigenvalue weighted by Crippen LogP contribution is 2.15. The zero-order valence-corrected chi connectivity index (χ0v) is 8.84. The summed E-state index contributed by atoms with van der Waals surface area (Å²) in [4.78, 5) is 4.20. The maximum absolute atomic E-state index is 4.20. The van der Waals surface area contributed by atoms with E-state index < -0.39 is 0 Å². The quantitative estimate of drug-likeness (QED) is 0.407. The van der Waals surface area contributed by atoms with Crippen molar-refractivity contribution in [2.45, 2.75) is 52.9 Å². The van der Waals surface area contributed by atoms with Gasteiger partial charge in [-0.15, -0.1) is 0 Å². The summed E-state index contributed by atoms with van der Waals surface area (Å²) in [7, 11) is 0. The topological polar surface area (TPSA) is 12.4 Å². The van der Waals surface area contributed by atoms with Crippen molar-refractivity contribution in [1.29, 1.82) is 0 Å². The van der Waals surface area contributed by atoms with Gasteiger partial charge in [-0.2, -0.15) is 0 Å². The third kappa shape index (κ3) is 6.38. The average Bonchev–Trinajstić information content (AvgIpc) is 2.11. The minimum atomic E-state index is 0.936. The Labute approximate surface area is 77.3 Å². The lowest BCUT2D eigenvalue weighted by atomic mass is 9.97. The fraction of sp³-hybridized carbons (Fsp3) is 0.909. The van der Waals surface area contributed by atoms with Crippen molar-refractivity contribution >= 4 is 6.21 Å². The second-order valence-electron chi connectivity index (χ2n) is 3.29. The Morgan fingerprint density at radius 2 is 1.83 bits per heavy atom. The molecule has 0 aromatic rings. The van der Waals surface area contributed by atoms with Crippen LogP contribution in [-0.4, -0.2) is 12.8 Å². The third-order valence-corrected chi connectivity index (χ3v) is 2.41. The Morgan fingerprint density at radius 3 is 2.33 bits per heavy atom. The zero-order valence-electron chi connectivity index (χ0n) is 8.84. The molecule has 0 aliphatic rings. The predicted molar refractivity (Wildman–Crippen MR) is 57.0 cm³/mol. The first-order chi connectivity index (χ1) is 5.85. The number of unbranched alkanes of at least 4 members (excludes halogenated alkanes) is 1. The monoisotopic (exact) mass is 169 g/mol. The Morgan fingerprint density at radius 1 is 1.17 bits per heavy atom. The lowest BCUT2D eigenvalue weighted by Crippen LogP contribution is -1.96. The molecule has 1 nitrogen and oxygen atoms in total. The highest BCUT2D eigenvalue weighted by molar-refractivity contribution is 5.56. The van der Waals surface area contributed by atoms with Crippen LogP contribution < -0.4 is 0 Å². The minimum absolute atomic E-state index is 0.936. The molecule has 0 amide bonds. The van der Waals surface area contributed by atoms with E-state index >= 15 is 0 Å². The Bertz CT molecular complexity index is 104. The molecule has 72 valence electrons. The molecule has 0 aromatic carbocycles. The van der Waals surface area contributed by atoms with E-state index in [1.54, 1.807) is 0 Å². The van der Waals surface area contributed by atoms with E-state index in [-0.39, 0.29) is 0 Å². The summed E-state index contributed by atoms with van der Waals surface area (Å²) in [5.41, 5.74) is 0. The SMILES string of the molecule is CC/N=C/CCCC(CC)CC. The van der Waals surface area contributed by atoms with Crippen molar-refractivity contribution in [2.75, 3.05) is 6.54 Å². The molecular weight excluding hydrogens is 146 g/mol. The summed E-state index contributed by atoms with van der Waals surface area (Å²) in [5, 5.41) is 0. The molecule has 1 heteroatoms. The third-order valence-electron chi connectivity index (χ3n) is 2.41. The summed E-state index contributed by atoms with van der Waals surface area (Å²) in [6.07, 6.45) is 8.61. The fourth-order valence-corrected chi connectivity index (χ4v) is 1.42. The van der Waals surface area contributed by atoms with Gasteiger partial charge in [-0.1, -0.05) is 33.1 Å². The Balaban J connectivity index is 3.23. The van der Waals surface area contributed by atoms with Gasteiger partial charge in [0.1, 0.15) is 0 Å². The Hall–Kier alpha value is -0.330. The van der Waals surface area contributed by atoms with E-state index in [1.807, 2.05) is 0 Å². The van der Waals surface area contributed by atoms with Crippen LogP contribution in [0.4, 0.5) is 0 Å². The summed E-state index contributed by atoms with van der Waals surface area (Å²) >= 11 is 0. The van der Waals surface area contributed by atoms with Gasteiger partial charge in [-0.05, 0) is 31.9 Å². The summed E-state index contributed by atoms with van der Waals surface area (Å²) in [6, 6.07) is 0. The van der Waals surface area contributed by atoms with Crippen molar-refractivity contribution in [3.05, 3.63) is 0 Å². The lowest BCUT2D eigenvalue weighted by molar-refractivity contribution is 0.446. The molecule has 0 fully saturated rings. The zero-order chi connectivity index (χ0) is 9.23. The van der Waals surface area contributed by atoms with Gasteiger partial charge in [-0.25, -0.2) is 0 Å². The lowest BCUT2D eigenvalue weighted by Gasteiger charge is -2.09. The van der Waals surface area contributed by atoms with E-state index in [0.717, 1.165) is 12.5 Å². The van der Waals surface area contributed by atoms with Crippen LogP contribution in [0, 0.1) is 5.92 Å². The molecule has 0 spiro atoms. The first kappa shape index (κ1) is 11.7. The van der Waals surface area contributed by atoms with E-state index in [9.17, 15) is 0 Å². The van der Waals surface area contributed by atoms with Crippen LogP contribution in [0.15, 0.2) is 4.99 Å². The predicted octanol–water partition coefficient (Wildman–Crippen LogP) is 3.68. The smallest absolute Gasteiger partial charge is 0.0357 e. The van der Waals surface area contributed by atoms with Crippen molar-refractivity contribution < 1.29 is 0 Å². The van der Waals surface area contributed by atoms with Gasteiger partial charge < -0.3 is 0 Å². The molecule has 0 N–H and O–H groups in total. The van der Waals surface area contributed by atoms with Crippen molar-refractivity contribution in [3.63, 3.8) is 0 Å². The molecule has 0 bridgehead atoms. The van der Waals surface area contributed by atoms with E-state index in [2.05, 4.69) is 32.0 Å². The maximum Gasteiger partial charge on any atom is 0.0357 e. The van der Waals surface area contributed by atoms with Gasteiger partial charge in [0.25, 0.3) is 0 Å². The molecule has 0 saturated heterocycles. The summed E-state index contributed by atoms with van der Waals surface area (Å²) in [5.74, 6) is 0.944. The van der Waals surface area contributed by atoms with Crippen molar-refractivity contribution in [1.82, 2.24) is 0 Å². The molecular formula is C11H23N. The molecule has 0 aromatic heterocycles. The van der Waals surface area contributed by atoms with E-state index in [4.69, 9.17) is 0 Å². The van der Waals surface area contributed by atoms with Gasteiger partial charge in [0.2, 0.25) is 0 Å². The first-order valence-corrected chi connectivity index (χ1v) is 5.33. The molecule has 0 radical (unpaired) electrons. The largest absolute Gasteiger partial charge is 0.298 e. The maximum atomic E-state index is 4.20. The normalized spacial score (nSPS) is 11.7. The van der Waals surface area contributed by atoms with E-state index in [0.29, 0.717) is 0 Å². The standard InChI is InChI=1S/C11H23N/c1-4-11(5-2)9-7-8-10-12-6-3/h10-11H,4-9H2,1-3H3/b12-10+. The van der Waals surface area contributed by atoms with Crippen molar-refractivity contribution in [2.24, 2.45) is 10.9 Å². The number of aliphatic imine (C=N–C) groups is 1. The van der Waals surface area contributed by atoms with Crippen LogP contribution in [0.3, 0.4) is 0 Å².